The van der Waals surface area contributed by atoms with Crippen molar-refractivity contribution in [2.45, 2.75) is 24.4 Å². The lowest BCUT2D eigenvalue weighted by Gasteiger charge is -2.11. The molecule has 0 aliphatic rings. The second kappa shape index (κ2) is 8.08. The Balaban J connectivity index is 2.62. The number of hydrogen-bond acceptors (Lipinski definition) is 5. The summed E-state index contributed by atoms with van der Waals surface area (Å²) in [5.41, 5.74) is 6.36. The standard InChI is InChI=1S/C13H21N3O4S/c1-3-16-21(18,19)11-6-4-10(5-7-11)8-15-13(17)12(14)9-20-2/h4-7,12,16H,3,8-9,14H2,1-2H3,(H,15,17). The number of nitrogens with two attached hydrogens (primary N) is 1. The molecule has 1 atom stereocenters. The van der Waals surface area contributed by atoms with Gasteiger partial charge in [-0.05, 0) is 17.7 Å². The zero-order valence-corrected chi connectivity index (χ0v) is 12.9. The molecule has 0 saturated heterocycles. The molecular weight excluding hydrogens is 294 g/mol. The van der Waals surface area contributed by atoms with Crippen molar-refractivity contribution < 1.29 is 17.9 Å². The lowest BCUT2D eigenvalue weighted by Crippen LogP contribution is -2.43. The van der Waals surface area contributed by atoms with Gasteiger partial charge in [-0.15, -0.1) is 0 Å². The van der Waals surface area contributed by atoms with Crippen molar-refractivity contribution in [1.29, 1.82) is 0 Å². The van der Waals surface area contributed by atoms with Crippen molar-refractivity contribution in [2.75, 3.05) is 20.3 Å². The third-order valence-corrected chi connectivity index (χ3v) is 4.28. The van der Waals surface area contributed by atoms with Crippen LogP contribution in [0.3, 0.4) is 0 Å². The molecule has 0 radical (unpaired) electrons. The first-order valence-corrected chi connectivity index (χ1v) is 8.00. The summed E-state index contributed by atoms with van der Waals surface area (Å²) in [4.78, 5) is 11.8. The van der Waals surface area contributed by atoms with Gasteiger partial charge in [0.25, 0.3) is 0 Å². The number of amides is 1. The molecule has 0 aromatic heterocycles. The minimum atomic E-state index is -3.45. The second-order valence-electron chi connectivity index (χ2n) is 4.42. The molecule has 1 unspecified atom stereocenters. The average Bonchev–Trinajstić information content (AvgIpc) is 2.45. The maximum Gasteiger partial charge on any atom is 0.240 e. The predicted octanol–water partition coefficient (Wildman–Crippen LogP) is -0.425. The van der Waals surface area contributed by atoms with E-state index in [0.29, 0.717) is 6.54 Å². The van der Waals surface area contributed by atoms with Crippen LogP contribution in [0.4, 0.5) is 0 Å². The Bertz CT molecular complexity index is 557. The van der Waals surface area contributed by atoms with Gasteiger partial charge >= 0.3 is 0 Å². The number of benzene rings is 1. The van der Waals surface area contributed by atoms with Crippen molar-refractivity contribution >= 4 is 15.9 Å². The third kappa shape index (κ3) is 5.43. The van der Waals surface area contributed by atoms with Gasteiger partial charge < -0.3 is 15.8 Å². The lowest BCUT2D eigenvalue weighted by molar-refractivity contribution is -0.123. The Morgan fingerprint density at radius 3 is 2.48 bits per heavy atom. The summed E-state index contributed by atoms with van der Waals surface area (Å²) in [5, 5.41) is 2.66. The first-order chi connectivity index (χ1) is 9.90. The lowest BCUT2D eigenvalue weighted by atomic mass is 10.2. The number of ether oxygens (including phenoxy) is 1. The zero-order valence-electron chi connectivity index (χ0n) is 12.1. The van der Waals surface area contributed by atoms with E-state index in [2.05, 4.69) is 10.0 Å². The highest BCUT2D eigenvalue weighted by molar-refractivity contribution is 7.89. The van der Waals surface area contributed by atoms with E-state index in [9.17, 15) is 13.2 Å². The van der Waals surface area contributed by atoms with E-state index in [1.807, 2.05) is 0 Å². The van der Waals surface area contributed by atoms with E-state index in [4.69, 9.17) is 10.5 Å². The summed E-state index contributed by atoms with van der Waals surface area (Å²) in [7, 11) is -1.98. The minimum absolute atomic E-state index is 0.145. The van der Waals surface area contributed by atoms with Gasteiger partial charge in [-0.25, -0.2) is 13.1 Å². The van der Waals surface area contributed by atoms with Gasteiger partial charge in [0.1, 0.15) is 6.04 Å². The summed E-state index contributed by atoms with van der Waals surface area (Å²) >= 11 is 0. The Morgan fingerprint density at radius 2 is 1.95 bits per heavy atom. The number of carbonyl (C=O) groups excluding carboxylic acids is 1. The van der Waals surface area contributed by atoms with Crippen molar-refractivity contribution in [3.05, 3.63) is 29.8 Å². The molecule has 1 aromatic rings. The van der Waals surface area contributed by atoms with Crippen LogP contribution in [-0.4, -0.2) is 40.6 Å². The number of rotatable bonds is 8. The summed E-state index contributed by atoms with van der Waals surface area (Å²) in [6.07, 6.45) is 0. The van der Waals surface area contributed by atoms with Crippen LogP contribution in [0.15, 0.2) is 29.2 Å². The molecule has 118 valence electrons. The first-order valence-electron chi connectivity index (χ1n) is 6.51. The molecule has 1 rings (SSSR count). The molecule has 0 fully saturated rings. The fraction of sp³-hybridized carbons (Fsp3) is 0.462. The van der Waals surface area contributed by atoms with Crippen LogP contribution in [0.1, 0.15) is 12.5 Å². The first kappa shape index (κ1) is 17.6. The molecule has 0 heterocycles. The highest BCUT2D eigenvalue weighted by Crippen LogP contribution is 2.10. The fourth-order valence-electron chi connectivity index (χ4n) is 1.64. The largest absolute Gasteiger partial charge is 0.383 e. The normalized spacial score (nSPS) is 12.9. The van der Waals surface area contributed by atoms with Crippen LogP contribution in [-0.2, 0) is 26.1 Å². The summed E-state index contributed by atoms with van der Waals surface area (Å²) < 4.78 is 30.7. The van der Waals surface area contributed by atoms with Gasteiger partial charge in [-0.1, -0.05) is 19.1 Å². The molecule has 1 aromatic carbocycles. The average molecular weight is 315 g/mol. The molecule has 21 heavy (non-hydrogen) atoms. The van der Waals surface area contributed by atoms with Crippen LogP contribution in [0.25, 0.3) is 0 Å². The smallest absolute Gasteiger partial charge is 0.240 e. The van der Waals surface area contributed by atoms with Crippen molar-refractivity contribution in [3.8, 4) is 0 Å². The Hall–Kier alpha value is -1.48. The van der Waals surface area contributed by atoms with Gasteiger partial charge in [0, 0.05) is 20.2 Å². The van der Waals surface area contributed by atoms with E-state index in [0.717, 1.165) is 5.56 Å². The topological polar surface area (TPSA) is 111 Å². The molecule has 0 saturated carbocycles. The second-order valence-corrected chi connectivity index (χ2v) is 6.19. The molecule has 0 aliphatic carbocycles. The zero-order chi connectivity index (χ0) is 15.9. The summed E-state index contributed by atoms with van der Waals surface area (Å²) in [5.74, 6) is -0.318. The van der Waals surface area contributed by atoms with Gasteiger partial charge in [0.2, 0.25) is 15.9 Å². The van der Waals surface area contributed by atoms with Crippen molar-refractivity contribution in [1.82, 2.24) is 10.0 Å². The number of carbonyl (C=O) groups is 1. The van der Waals surface area contributed by atoms with Gasteiger partial charge in [0.05, 0.1) is 11.5 Å². The monoisotopic (exact) mass is 315 g/mol. The molecule has 8 heteroatoms. The van der Waals surface area contributed by atoms with Crippen LogP contribution in [0, 0.1) is 0 Å². The quantitative estimate of drug-likeness (QED) is 0.603. The Labute approximate surface area is 124 Å². The van der Waals surface area contributed by atoms with Gasteiger partial charge in [0.15, 0.2) is 0 Å². The molecule has 0 aliphatic heterocycles. The number of sulfonamides is 1. The van der Waals surface area contributed by atoms with Gasteiger partial charge in [-0.2, -0.15) is 0 Å². The molecule has 0 spiro atoms. The third-order valence-electron chi connectivity index (χ3n) is 2.72. The van der Waals surface area contributed by atoms with E-state index in [1.165, 1.54) is 19.2 Å². The number of nitrogens with one attached hydrogen (secondary N) is 2. The minimum Gasteiger partial charge on any atom is -0.383 e. The van der Waals surface area contributed by atoms with Crippen molar-refractivity contribution in [2.24, 2.45) is 5.73 Å². The maximum absolute atomic E-state index is 11.8. The predicted molar refractivity (Wildman–Crippen MR) is 79.0 cm³/mol. The maximum atomic E-state index is 11.8. The highest BCUT2D eigenvalue weighted by Gasteiger charge is 2.14. The SMILES string of the molecule is CCNS(=O)(=O)c1ccc(CNC(=O)C(N)COC)cc1. The number of hydrogen-bond donors (Lipinski definition) is 3. The van der Waals surface area contributed by atoms with E-state index in [-0.39, 0.29) is 24.0 Å². The summed E-state index contributed by atoms with van der Waals surface area (Å²) in [6, 6.07) is 5.56. The van der Waals surface area contributed by atoms with E-state index < -0.39 is 16.1 Å². The molecule has 0 bridgehead atoms. The van der Waals surface area contributed by atoms with Crippen LogP contribution in [0.2, 0.25) is 0 Å². The van der Waals surface area contributed by atoms with Crippen LogP contribution >= 0.6 is 0 Å². The highest BCUT2D eigenvalue weighted by atomic mass is 32.2. The fourth-order valence-corrected chi connectivity index (χ4v) is 2.68. The van der Waals surface area contributed by atoms with E-state index >= 15 is 0 Å². The Morgan fingerprint density at radius 1 is 1.33 bits per heavy atom. The molecular formula is C13H21N3O4S. The summed E-state index contributed by atoms with van der Waals surface area (Å²) in [6.45, 7) is 2.46. The van der Waals surface area contributed by atoms with Gasteiger partial charge in [-0.3, -0.25) is 4.79 Å². The molecule has 1 amide bonds. The molecule has 7 nitrogen and oxygen atoms in total. The van der Waals surface area contributed by atoms with E-state index in [1.54, 1.807) is 19.1 Å². The van der Waals surface area contributed by atoms with Crippen molar-refractivity contribution in [3.63, 3.8) is 0 Å². The van der Waals surface area contributed by atoms with Crippen LogP contribution in [0.5, 0.6) is 0 Å². The Kier molecular flexibility index (Phi) is 6.76. The number of methoxy groups -OCH3 is 1. The molecule has 4 N–H and O–H groups in total. The van der Waals surface area contributed by atoms with Crippen LogP contribution < -0.4 is 15.8 Å².